The van der Waals surface area contributed by atoms with Gasteiger partial charge in [0, 0.05) is 0 Å². The van der Waals surface area contributed by atoms with Gasteiger partial charge in [-0.2, -0.15) is 0 Å². The Kier molecular flexibility index (Phi) is 6.18. The molecule has 0 bridgehead atoms. The highest BCUT2D eigenvalue weighted by Crippen LogP contribution is 2.59. The van der Waals surface area contributed by atoms with Crippen LogP contribution in [-0.4, -0.2) is 5.71 Å². The number of benzene rings is 3. The molecule has 31 heavy (non-hydrogen) atoms. The molecule has 0 N–H and O–H groups in total. The van der Waals surface area contributed by atoms with E-state index in [1.165, 1.54) is 0 Å². The fourth-order valence-electron chi connectivity index (χ4n) is 5.71. The third-order valence-corrected chi connectivity index (χ3v) is 10.9. The molecule has 0 fully saturated rings. The summed E-state index contributed by atoms with van der Waals surface area (Å²) in [6.07, 6.45) is 0. The van der Waals surface area contributed by atoms with Crippen LogP contribution in [0.3, 0.4) is 0 Å². The molecule has 0 heterocycles. The fourth-order valence-corrected chi connectivity index (χ4v) is 10.5. The van der Waals surface area contributed by atoms with Crippen molar-refractivity contribution in [3.63, 3.8) is 0 Å². The van der Waals surface area contributed by atoms with Gasteiger partial charge in [0.15, 0.2) is 7.26 Å². The molecule has 0 saturated carbocycles. The van der Waals surface area contributed by atoms with E-state index < -0.39 is 13.0 Å². The van der Waals surface area contributed by atoms with Crippen molar-refractivity contribution >= 4 is 28.9 Å². The van der Waals surface area contributed by atoms with Crippen molar-refractivity contribution in [1.82, 2.24) is 0 Å². The zero-order valence-electron chi connectivity index (χ0n) is 20.2. The van der Waals surface area contributed by atoms with Gasteiger partial charge >= 0.3 is 0 Å². The summed E-state index contributed by atoms with van der Waals surface area (Å²) < 4.78 is 0. The Labute approximate surface area is 187 Å². The van der Waals surface area contributed by atoms with Crippen molar-refractivity contribution in [3.8, 4) is 0 Å². The molecule has 0 saturated heterocycles. The van der Waals surface area contributed by atoms with Crippen molar-refractivity contribution in [2.75, 3.05) is 0 Å². The maximum absolute atomic E-state index is 13.5. The zero-order valence-corrected chi connectivity index (χ0v) is 21.1. The zero-order chi connectivity index (χ0) is 23.2. The topological polar surface area (TPSA) is 40.1 Å². The molecule has 0 aliphatic rings. The number of aryl methyl sites for hydroxylation is 9. The summed E-state index contributed by atoms with van der Waals surface area (Å²) in [7, 11) is -3.10. The van der Waals surface area contributed by atoms with Crippen LogP contribution in [0.4, 0.5) is 4.79 Å². The first kappa shape index (κ1) is 23.2. The Morgan fingerprint density at radius 1 is 0.516 bits per heavy atom. The van der Waals surface area contributed by atoms with Crippen LogP contribution in [0.25, 0.3) is 0 Å². The van der Waals surface area contributed by atoms with E-state index in [-0.39, 0.29) is 0 Å². The molecular weight excluding hydrogens is 399 g/mol. The number of carboxylic acid groups (broad SMARTS) is 1. The molecule has 0 aliphatic heterocycles. The quantitative estimate of drug-likeness (QED) is 0.538. The predicted octanol–water partition coefficient (Wildman–Crippen LogP) is 5.10. The van der Waals surface area contributed by atoms with Crippen LogP contribution in [-0.2, 0) is 0 Å². The van der Waals surface area contributed by atoms with Gasteiger partial charge in [0.2, 0.25) is 5.71 Å². The Hall–Kier alpha value is -2.44. The van der Waals surface area contributed by atoms with Gasteiger partial charge < -0.3 is 9.90 Å². The maximum Gasteiger partial charge on any atom is 0.218 e. The second-order valence-corrected chi connectivity index (χ2v) is 12.2. The average Bonchev–Trinajstić information content (AvgIpc) is 2.58. The highest BCUT2D eigenvalue weighted by molar-refractivity contribution is 8.08. The summed E-state index contributed by atoms with van der Waals surface area (Å²) in [6.45, 7) is 18.5. The van der Waals surface area contributed by atoms with E-state index in [0.717, 1.165) is 66.0 Å². The minimum Gasteiger partial charge on any atom is -0.513 e. The number of hydrogen-bond acceptors (Lipinski definition) is 2. The summed E-state index contributed by atoms with van der Waals surface area (Å²) in [5, 5.41) is 16.3. The molecule has 0 radical (unpaired) electrons. The lowest BCUT2D eigenvalue weighted by Crippen LogP contribution is -2.47. The molecular formula is C28H33O2P. The Morgan fingerprint density at radius 2 is 0.710 bits per heavy atom. The highest BCUT2D eigenvalue weighted by atomic mass is 31.2. The molecule has 3 heteroatoms. The Morgan fingerprint density at radius 3 is 0.871 bits per heavy atom. The second-order valence-electron chi connectivity index (χ2n) is 9.18. The van der Waals surface area contributed by atoms with Crippen molar-refractivity contribution in [1.29, 1.82) is 0 Å². The van der Waals surface area contributed by atoms with Gasteiger partial charge in [-0.05, 0) is 95.7 Å². The predicted molar refractivity (Wildman–Crippen MR) is 133 cm³/mol. The number of hydrogen-bond donors (Lipinski definition) is 0. The lowest BCUT2D eigenvalue weighted by Gasteiger charge is -2.34. The van der Waals surface area contributed by atoms with Crippen molar-refractivity contribution in [2.45, 2.75) is 62.3 Å². The molecule has 3 aromatic carbocycles. The van der Waals surface area contributed by atoms with Gasteiger partial charge in [0.25, 0.3) is 0 Å². The van der Waals surface area contributed by atoms with Crippen LogP contribution >= 0.6 is 7.26 Å². The monoisotopic (exact) mass is 432 g/mol. The van der Waals surface area contributed by atoms with Crippen LogP contribution in [0.1, 0.15) is 50.1 Å². The summed E-state index contributed by atoms with van der Waals surface area (Å²) in [5.74, 6) is 0. The third kappa shape index (κ3) is 3.72. The molecule has 0 amide bonds. The van der Waals surface area contributed by atoms with Crippen LogP contribution < -0.4 is 21.0 Å². The highest BCUT2D eigenvalue weighted by Gasteiger charge is 2.53. The summed E-state index contributed by atoms with van der Waals surface area (Å²) in [5.41, 5.74) is 8.60. The first-order valence-electron chi connectivity index (χ1n) is 10.8. The van der Waals surface area contributed by atoms with Crippen LogP contribution in [0.15, 0.2) is 36.4 Å². The van der Waals surface area contributed by atoms with Crippen molar-refractivity contribution < 1.29 is 9.90 Å². The van der Waals surface area contributed by atoms with E-state index in [4.69, 9.17) is 0 Å². The first-order chi connectivity index (χ1) is 14.4. The van der Waals surface area contributed by atoms with Gasteiger partial charge in [-0.25, -0.2) is 0 Å². The second kappa shape index (κ2) is 8.24. The van der Waals surface area contributed by atoms with Crippen molar-refractivity contribution in [3.05, 3.63) is 86.5 Å². The van der Waals surface area contributed by atoms with Crippen LogP contribution in [0.5, 0.6) is 0 Å². The van der Waals surface area contributed by atoms with Gasteiger partial charge in [0.1, 0.15) is 15.9 Å². The Bertz CT molecular complexity index is 995. The SMILES string of the molecule is Cc1cc(C)c([P+](C(=O)[O-])(c2c(C)cc(C)cc2C)c2c(C)cc(C)cc2C)c(C)c1. The maximum atomic E-state index is 13.5. The van der Waals surface area contributed by atoms with Crippen LogP contribution in [0.2, 0.25) is 0 Å². The van der Waals surface area contributed by atoms with Gasteiger partial charge in [0.05, 0.1) is 0 Å². The molecule has 3 rings (SSSR count). The Balaban J connectivity index is 2.69. The lowest BCUT2D eigenvalue weighted by molar-refractivity contribution is -0.233. The van der Waals surface area contributed by atoms with Gasteiger partial charge in [-0.3, -0.25) is 0 Å². The lowest BCUT2D eigenvalue weighted by atomic mass is 10.1. The number of carbonyl (C=O) groups is 1. The van der Waals surface area contributed by atoms with E-state index in [1.54, 1.807) is 0 Å². The first-order valence-corrected chi connectivity index (χ1v) is 12.6. The smallest absolute Gasteiger partial charge is 0.218 e. The van der Waals surface area contributed by atoms with E-state index >= 15 is 0 Å². The summed E-state index contributed by atoms with van der Waals surface area (Å²) in [6, 6.07) is 12.7. The number of carbonyl (C=O) groups excluding carboxylic acids is 1. The van der Waals surface area contributed by atoms with Crippen molar-refractivity contribution in [2.24, 2.45) is 0 Å². The van der Waals surface area contributed by atoms with E-state index in [9.17, 15) is 9.90 Å². The molecule has 0 aromatic heterocycles. The van der Waals surface area contributed by atoms with E-state index in [2.05, 4.69) is 57.2 Å². The molecule has 0 atom stereocenters. The summed E-state index contributed by atoms with van der Waals surface area (Å²) >= 11 is 0. The van der Waals surface area contributed by atoms with Gasteiger partial charge in [-0.15, -0.1) is 0 Å². The standard InChI is InChI=1S/C28H33O2P/c1-16-10-19(4)25(20(5)11-16)31(28(29)30,26-21(6)12-17(2)13-22(26)7)27-23(8)14-18(3)15-24(27)9/h10-15H,1-9H3. The molecule has 162 valence electrons. The van der Waals surface area contributed by atoms with E-state index in [0.29, 0.717) is 0 Å². The molecule has 2 nitrogen and oxygen atoms in total. The van der Waals surface area contributed by atoms with Crippen LogP contribution in [0, 0.1) is 62.3 Å². The largest absolute Gasteiger partial charge is 0.513 e. The average molecular weight is 433 g/mol. The normalized spacial score (nSPS) is 11.6. The molecule has 0 unspecified atom stereocenters. The van der Waals surface area contributed by atoms with Gasteiger partial charge in [-0.1, -0.05) is 53.1 Å². The fraction of sp³-hybridized carbons (Fsp3) is 0.321. The summed E-state index contributed by atoms with van der Waals surface area (Å²) in [4.78, 5) is 13.5. The van der Waals surface area contributed by atoms with E-state index in [1.807, 2.05) is 41.5 Å². The number of rotatable bonds is 4. The molecule has 0 aliphatic carbocycles. The molecule has 0 spiro atoms. The third-order valence-electron chi connectivity index (χ3n) is 6.19. The minimum absolute atomic E-state index is 0.934. The molecule has 3 aromatic rings. The minimum atomic E-state index is -3.10.